The second-order valence-corrected chi connectivity index (χ2v) is 18.9. The maximum Gasteiger partial charge on any atom is 0.472 e. The first-order chi connectivity index (χ1) is 32.6. The van der Waals surface area contributed by atoms with Crippen molar-refractivity contribution >= 4 is 13.8 Å². The normalized spacial score (nSPS) is 14.8. The number of rotatable bonds is 45. The van der Waals surface area contributed by atoms with Gasteiger partial charge in [0, 0.05) is 13.0 Å². The number of carbonyl (C=O) groups excluding carboxylic acids is 1. The van der Waals surface area contributed by atoms with Gasteiger partial charge in [0.2, 0.25) is 0 Å². The fourth-order valence-corrected chi connectivity index (χ4v) is 6.77. The van der Waals surface area contributed by atoms with E-state index in [0.717, 1.165) is 128 Å². The van der Waals surface area contributed by atoms with Crippen LogP contribution in [0.25, 0.3) is 0 Å². The van der Waals surface area contributed by atoms with Crippen LogP contribution in [-0.4, -0.2) is 75.6 Å². The molecule has 2 atom stereocenters. The minimum atomic E-state index is -4.31. The molecule has 0 bridgehead atoms. The van der Waals surface area contributed by atoms with Crippen LogP contribution in [0, 0.1) is 0 Å². The van der Waals surface area contributed by atoms with E-state index < -0.39 is 13.9 Å². The molecular weight excluding hydrogens is 854 g/mol. The molecule has 1 N–H and O–H groups in total. The van der Waals surface area contributed by atoms with Crippen LogP contribution in [0.15, 0.2) is 146 Å². The summed E-state index contributed by atoms with van der Waals surface area (Å²) in [6, 6.07) is 0. The first-order valence-corrected chi connectivity index (χ1v) is 27.1. The minimum Gasteiger partial charge on any atom is -0.457 e. The summed E-state index contributed by atoms with van der Waals surface area (Å²) in [6.45, 7) is 5.23. The second kappa shape index (κ2) is 48.8. The highest BCUT2D eigenvalue weighted by Crippen LogP contribution is 2.43. The smallest absolute Gasteiger partial charge is 0.457 e. The Balaban J connectivity index is 4.32. The van der Waals surface area contributed by atoms with Gasteiger partial charge in [0.1, 0.15) is 19.3 Å². The zero-order chi connectivity index (χ0) is 49.0. The van der Waals surface area contributed by atoms with Gasteiger partial charge in [-0.1, -0.05) is 179 Å². The summed E-state index contributed by atoms with van der Waals surface area (Å²) in [4.78, 5) is 23.0. The predicted octanol–water partition coefficient (Wildman–Crippen LogP) is 16.1. The van der Waals surface area contributed by atoms with Crippen molar-refractivity contribution in [3.63, 3.8) is 0 Å². The molecule has 378 valence electrons. The molecule has 0 amide bonds. The number of hydrogen-bond donors (Lipinski definition) is 1. The summed E-state index contributed by atoms with van der Waals surface area (Å²) in [5.74, 6) is -0.361. The maximum atomic E-state index is 12.8. The van der Waals surface area contributed by atoms with Gasteiger partial charge in [-0.3, -0.25) is 13.8 Å². The number of quaternary nitrogens is 1. The van der Waals surface area contributed by atoms with E-state index in [0.29, 0.717) is 24.1 Å². The number of phosphoric acid groups is 1. The summed E-state index contributed by atoms with van der Waals surface area (Å²) >= 11 is 0. The minimum absolute atomic E-state index is 0.0666. The van der Waals surface area contributed by atoms with Gasteiger partial charge in [-0.05, 0) is 116 Å². The van der Waals surface area contributed by atoms with Gasteiger partial charge in [0.05, 0.1) is 34.4 Å². The van der Waals surface area contributed by atoms with E-state index in [1.165, 1.54) is 0 Å². The van der Waals surface area contributed by atoms with Crippen LogP contribution in [0.5, 0.6) is 0 Å². The quantitative estimate of drug-likeness (QED) is 0.0214. The average Bonchev–Trinajstić information content (AvgIpc) is 3.29. The van der Waals surface area contributed by atoms with Crippen molar-refractivity contribution in [3.8, 4) is 0 Å². The van der Waals surface area contributed by atoms with E-state index in [2.05, 4.69) is 160 Å². The number of nitrogens with zero attached hydrogens (tertiary/aromatic N) is 1. The Morgan fingerprint density at radius 1 is 0.463 bits per heavy atom. The Bertz CT molecular complexity index is 1570. The molecule has 2 unspecified atom stereocenters. The molecule has 0 heterocycles. The zero-order valence-corrected chi connectivity index (χ0v) is 43.7. The molecule has 0 aromatic heterocycles. The summed E-state index contributed by atoms with van der Waals surface area (Å²) in [7, 11) is 1.60. The summed E-state index contributed by atoms with van der Waals surface area (Å²) < 4.78 is 35.1. The molecular formula is C58H95NO7P+. The summed E-state index contributed by atoms with van der Waals surface area (Å²) in [5.41, 5.74) is 0. The van der Waals surface area contributed by atoms with E-state index in [9.17, 15) is 14.3 Å². The third-order valence-corrected chi connectivity index (χ3v) is 10.9. The molecule has 0 aliphatic carbocycles. The molecule has 8 nitrogen and oxygen atoms in total. The van der Waals surface area contributed by atoms with Crippen molar-refractivity contribution in [1.29, 1.82) is 0 Å². The van der Waals surface area contributed by atoms with Gasteiger partial charge in [0.15, 0.2) is 0 Å². The van der Waals surface area contributed by atoms with Gasteiger partial charge in [-0.15, -0.1) is 0 Å². The average molecular weight is 949 g/mol. The molecule has 0 aromatic carbocycles. The van der Waals surface area contributed by atoms with E-state index >= 15 is 0 Å². The molecule has 0 radical (unpaired) electrons. The molecule has 67 heavy (non-hydrogen) atoms. The fourth-order valence-electron chi connectivity index (χ4n) is 6.03. The second-order valence-electron chi connectivity index (χ2n) is 17.4. The zero-order valence-electron chi connectivity index (χ0n) is 42.8. The van der Waals surface area contributed by atoms with Gasteiger partial charge >= 0.3 is 13.8 Å². The lowest BCUT2D eigenvalue weighted by Gasteiger charge is -2.24. The topological polar surface area (TPSA) is 91.3 Å². The number of carbonyl (C=O) groups is 1. The van der Waals surface area contributed by atoms with Crippen molar-refractivity contribution in [1.82, 2.24) is 0 Å². The Kier molecular flexibility index (Phi) is 46.2. The highest BCUT2D eigenvalue weighted by Gasteiger charge is 2.26. The van der Waals surface area contributed by atoms with Crippen molar-refractivity contribution in [3.05, 3.63) is 146 Å². The van der Waals surface area contributed by atoms with Crippen LogP contribution in [0.1, 0.15) is 155 Å². The van der Waals surface area contributed by atoms with Crippen molar-refractivity contribution < 1.29 is 37.3 Å². The van der Waals surface area contributed by atoms with Gasteiger partial charge < -0.3 is 18.9 Å². The van der Waals surface area contributed by atoms with E-state index in [-0.39, 0.29) is 32.2 Å². The third-order valence-electron chi connectivity index (χ3n) is 9.90. The lowest BCUT2D eigenvalue weighted by molar-refractivity contribution is -0.870. The van der Waals surface area contributed by atoms with Crippen molar-refractivity contribution in [2.45, 2.75) is 161 Å². The number of allylic oxidation sites excluding steroid dienone is 24. The molecule has 9 heteroatoms. The van der Waals surface area contributed by atoms with Crippen molar-refractivity contribution in [2.24, 2.45) is 0 Å². The molecule has 0 saturated carbocycles. The number of esters is 1. The molecule has 0 aliphatic heterocycles. The number of hydrogen-bond acceptors (Lipinski definition) is 6. The lowest BCUT2D eigenvalue weighted by atomic mass is 10.1. The van der Waals surface area contributed by atoms with E-state index in [1.54, 1.807) is 0 Å². The Hall–Kier alpha value is -3.62. The Morgan fingerprint density at radius 3 is 1.21 bits per heavy atom. The first kappa shape index (κ1) is 63.4. The number of ether oxygens (including phenoxy) is 2. The Labute approximate surface area is 410 Å². The van der Waals surface area contributed by atoms with Gasteiger partial charge in [-0.25, -0.2) is 4.57 Å². The first-order valence-electron chi connectivity index (χ1n) is 25.6. The number of unbranched alkanes of at least 4 members (excludes halogenated alkanes) is 7. The maximum absolute atomic E-state index is 12.8. The SMILES string of the molecule is CC/C=C\C/C=C\C/C=C\C/C=C\C/C=C\C/C=C\C/C=C\CCCCCCOCC(COP(=O)(O)OCC[N+](C)(C)C)OC(=O)CCCCC/C=C\C/C=C\C/C=C\C/C=C\C/C=C\CC. The predicted molar refractivity (Wildman–Crippen MR) is 288 cm³/mol. The monoisotopic (exact) mass is 949 g/mol. The molecule has 0 aliphatic rings. The van der Waals surface area contributed by atoms with Crippen LogP contribution in [-0.2, 0) is 27.9 Å². The van der Waals surface area contributed by atoms with Gasteiger partial charge in [0.25, 0.3) is 0 Å². The van der Waals surface area contributed by atoms with Crippen LogP contribution in [0.3, 0.4) is 0 Å². The number of likely N-dealkylation sites (N-methyl/N-ethyl adjacent to an activating group) is 1. The van der Waals surface area contributed by atoms with Crippen LogP contribution >= 0.6 is 7.82 Å². The number of phosphoric ester groups is 1. The summed E-state index contributed by atoms with van der Waals surface area (Å²) in [6.07, 6.45) is 73.3. The van der Waals surface area contributed by atoms with Crippen LogP contribution < -0.4 is 0 Å². The van der Waals surface area contributed by atoms with Crippen LogP contribution in [0.4, 0.5) is 0 Å². The molecule has 0 rings (SSSR count). The van der Waals surface area contributed by atoms with E-state index in [1.807, 2.05) is 21.1 Å². The van der Waals surface area contributed by atoms with Gasteiger partial charge in [-0.2, -0.15) is 0 Å². The van der Waals surface area contributed by atoms with Crippen LogP contribution in [0.2, 0.25) is 0 Å². The molecule has 0 spiro atoms. The molecule has 0 aromatic rings. The largest absolute Gasteiger partial charge is 0.472 e. The Morgan fingerprint density at radius 2 is 0.821 bits per heavy atom. The highest BCUT2D eigenvalue weighted by atomic mass is 31.2. The van der Waals surface area contributed by atoms with Crippen molar-refractivity contribution in [2.75, 3.05) is 54.1 Å². The summed E-state index contributed by atoms with van der Waals surface area (Å²) in [5, 5.41) is 0. The molecule has 0 saturated heterocycles. The fraction of sp³-hybridized carbons (Fsp3) is 0.569. The standard InChI is InChI=1S/C58H94NO7P/c1-6-8-10-12-14-16-18-20-22-24-26-27-28-29-30-31-32-34-36-38-40-42-44-46-48-50-53-63-55-57(56-65-67(61,62)64-54-52-59(3,4)5)66-58(60)51-49-47-45-43-41-39-37-35-33-25-23-21-19-17-15-13-11-9-7-2/h8-11,14-17,20-23,26-27,29-30,32-35,38-41,57H,6-7,12-13,18-19,24-25,28,31,36-37,42-56H2,1-5H3/p+1/b10-8-,11-9-,16-14-,17-15-,22-20-,23-21-,27-26-,30-29-,34-32-,35-33-,40-38-,41-39-. The highest BCUT2D eigenvalue weighted by molar-refractivity contribution is 7.47. The van der Waals surface area contributed by atoms with E-state index in [4.69, 9.17) is 18.5 Å². The molecule has 0 fully saturated rings. The lowest BCUT2D eigenvalue weighted by Crippen LogP contribution is -2.37. The third kappa shape index (κ3) is 53.2.